The number of carbonyl (C=O) groups excluding carboxylic acids is 2. The molecule has 0 saturated heterocycles. The molecule has 4 rings (SSSR count). The van der Waals surface area contributed by atoms with Gasteiger partial charge in [0.15, 0.2) is 6.61 Å². The molecule has 3 aromatic rings. The van der Waals surface area contributed by atoms with E-state index in [4.69, 9.17) is 4.74 Å². The van der Waals surface area contributed by atoms with Gasteiger partial charge in [-0.25, -0.2) is 0 Å². The van der Waals surface area contributed by atoms with E-state index in [9.17, 15) is 9.59 Å². The molecule has 0 bridgehead atoms. The van der Waals surface area contributed by atoms with Gasteiger partial charge in [-0.2, -0.15) is 0 Å². The van der Waals surface area contributed by atoms with Crippen molar-refractivity contribution < 1.29 is 14.3 Å². The minimum atomic E-state index is -0.597. The molecular weight excluding hydrogens is 378 g/mol. The van der Waals surface area contributed by atoms with Crippen molar-refractivity contribution in [2.45, 2.75) is 19.4 Å². The van der Waals surface area contributed by atoms with Crippen molar-refractivity contribution in [2.24, 2.45) is 0 Å². The molecule has 0 spiro atoms. The molecule has 154 valence electrons. The number of hydrogen-bond donors (Lipinski definition) is 2. The summed E-state index contributed by atoms with van der Waals surface area (Å²) in [6.45, 7) is 2.76. The lowest BCUT2D eigenvalue weighted by molar-refractivity contribution is -0.136. The van der Waals surface area contributed by atoms with Gasteiger partial charge in [0.1, 0.15) is 11.8 Å². The number of H-pyrrole nitrogens is 1. The maximum absolute atomic E-state index is 12.7. The number of nitrogens with zero attached hydrogens (tertiary/aromatic N) is 1. The van der Waals surface area contributed by atoms with Crippen molar-refractivity contribution in [1.82, 2.24) is 15.2 Å². The average molecular weight is 403 g/mol. The highest BCUT2D eigenvalue weighted by atomic mass is 16.5. The van der Waals surface area contributed by atoms with Crippen LogP contribution in [0.15, 0.2) is 66.9 Å². The molecule has 0 radical (unpaired) electrons. The Kier molecular flexibility index (Phi) is 5.84. The molecule has 0 fully saturated rings. The van der Waals surface area contributed by atoms with Gasteiger partial charge in [0, 0.05) is 35.8 Å². The van der Waals surface area contributed by atoms with E-state index in [0.717, 1.165) is 11.9 Å². The van der Waals surface area contributed by atoms with Gasteiger partial charge in [-0.15, -0.1) is 0 Å². The van der Waals surface area contributed by atoms with Gasteiger partial charge in [-0.05, 0) is 37.1 Å². The number of para-hydroxylation sites is 2. The predicted molar refractivity (Wildman–Crippen MR) is 117 cm³/mol. The maximum Gasteiger partial charge on any atom is 0.258 e. The third-order valence-corrected chi connectivity index (χ3v) is 5.32. The minimum absolute atomic E-state index is 0.0858. The van der Waals surface area contributed by atoms with E-state index >= 15 is 0 Å². The van der Waals surface area contributed by atoms with Crippen LogP contribution in [0.4, 0.5) is 0 Å². The van der Waals surface area contributed by atoms with Crippen LogP contribution in [0.5, 0.6) is 5.75 Å². The third-order valence-electron chi connectivity index (χ3n) is 5.32. The molecule has 6 heteroatoms. The molecule has 1 aliphatic rings. The third kappa shape index (κ3) is 4.38. The van der Waals surface area contributed by atoms with Crippen LogP contribution in [0.3, 0.4) is 0 Å². The Balaban J connectivity index is 1.31. The Labute approximate surface area is 175 Å². The molecule has 1 aliphatic heterocycles. The molecular formula is C24H25N3O3. The molecule has 6 nitrogen and oxygen atoms in total. The number of amides is 2. The van der Waals surface area contributed by atoms with Crippen molar-refractivity contribution in [3.63, 3.8) is 0 Å². The highest BCUT2D eigenvalue weighted by Gasteiger charge is 2.24. The zero-order chi connectivity index (χ0) is 20.9. The molecule has 0 unspecified atom stereocenters. The van der Waals surface area contributed by atoms with E-state index in [-0.39, 0.29) is 18.4 Å². The number of ether oxygens (including phenoxy) is 1. The molecule has 2 N–H and O–H groups in total. The number of fused-ring (bicyclic) bond motifs is 1. The van der Waals surface area contributed by atoms with Crippen LogP contribution in [0, 0.1) is 0 Å². The van der Waals surface area contributed by atoms with E-state index in [0.29, 0.717) is 18.8 Å². The Bertz CT molecular complexity index is 1070. The molecule has 1 aromatic heterocycles. The first-order valence-corrected chi connectivity index (χ1v) is 10.1. The van der Waals surface area contributed by atoms with Crippen LogP contribution in [0.1, 0.15) is 18.9 Å². The van der Waals surface area contributed by atoms with Gasteiger partial charge >= 0.3 is 0 Å². The summed E-state index contributed by atoms with van der Waals surface area (Å²) in [4.78, 5) is 30.0. The van der Waals surface area contributed by atoms with Crippen molar-refractivity contribution in [3.05, 3.63) is 72.4 Å². The van der Waals surface area contributed by atoms with Crippen molar-refractivity contribution in [1.29, 1.82) is 0 Å². The smallest absolute Gasteiger partial charge is 0.258 e. The van der Waals surface area contributed by atoms with Gasteiger partial charge in [0.25, 0.3) is 5.91 Å². The van der Waals surface area contributed by atoms with Crippen molar-refractivity contribution >= 4 is 28.3 Å². The Morgan fingerprint density at radius 3 is 2.67 bits per heavy atom. The monoisotopic (exact) mass is 403 g/mol. The van der Waals surface area contributed by atoms with E-state index in [1.165, 1.54) is 16.5 Å². The summed E-state index contributed by atoms with van der Waals surface area (Å²) in [6, 6.07) is 16.7. The van der Waals surface area contributed by atoms with E-state index in [1.54, 1.807) is 24.0 Å². The lowest BCUT2D eigenvalue weighted by Crippen LogP contribution is -2.49. The number of aromatic nitrogens is 1. The molecule has 2 heterocycles. The first-order valence-electron chi connectivity index (χ1n) is 10.1. The van der Waals surface area contributed by atoms with Crippen LogP contribution in [0.25, 0.3) is 16.5 Å². The number of benzene rings is 2. The summed E-state index contributed by atoms with van der Waals surface area (Å²) >= 11 is 0. The quantitative estimate of drug-likeness (QED) is 0.663. The highest BCUT2D eigenvalue weighted by molar-refractivity contribution is 5.93. The molecule has 0 saturated carbocycles. The van der Waals surface area contributed by atoms with Gasteiger partial charge in [0.2, 0.25) is 5.91 Å². The van der Waals surface area contributed by atoms with Crippen LogP contribution < -0.4 is 10.1 Å². The zero-order valence-corrected chi connectivity index (χ0v) is 16.9. The van der Waals surface area contributed by atoms with Crippen LogP contribution in [0.2, 0.25) is 0 Å². The summed E-state index contributed by atoms with van der Waals surface area (Å²) in [5.41, 5.74) is 3.54. The van der Waals surface area contributed by atoms with Gasteiger partial charge < -0.3 is 19.9 Å². The number of aromatic amines is 1. The molecule has 1 atom stereocenters. The number of rotatable bonds is 6. The number of nitrogens with one attached hydrogen (secondary N) is 2. The van der Waals surface area contributed by atoms with E-state index < -0.39 is 6.04 Å². The van der Waals surface area contributed by atoms with E-state index in [2.05, 4.69) is 28.5 Å². The lowest BCUT2D eigenvalue weighted by Gasteiger charge is -2.29. The molecule has 2 aromatic carbocycles. The van der Waals surface area contributed by atoms with Gasteiger partial charge in [-0.3, -0.25) is 9.59 Å². The maximum atomic E-state index is 12.7. The summed E-state index contributed by atoms with van der Waals surface area (Å²) in [5.74, 6) is 0.224. The van der Waals surface area contributed by atoms with Crippen LogP contribution in [-0.2, 0) is 9.59 Å². The first-order chi connectivity index (χ1) is 14.6. The van der Waals surface area contributed by atoms with Gasteiger partial charge in [0.05, 0.1) is 0 Å². The fourth-order valence-electron chi connectivity index (χ4n) is 3.74. The second-order valence-corrected chi connectivity index (χ2v) is 7.40. The first kappa shape index (κ1) is 19.8. The predicted octanol–water partition coefficient (Wildman–Crippen LogP) is 3.37. The second-order valence-electron chi connectivity index (χ2n) is 7.40. The fraction of sp³-hybridized carbons (Fsp3) is 0.250. The molecule has 30 heavy (non-hydrogen) atoms. The number of carbonyl (C=O) groups is 2. The largest absolute Gasteiger partial charge is 0.484 e. The molecule has 0 aliphatic carbocycles. The summed E-state index contributed by atoms with van der Waals surface area (Å²) < 4.78 is 5.44. The lowest BCUT2D eigenvalue weighted by atomic mass is 9.98. The second kappa shape index (κ2) is 8.86. The summed E-state index contributed by atoms with van der Waals surface area (Å²) in [6.07, 6.45) is 4.92. The molecule has 2 amide bonds. The van der Waals surface area contributed by atoms with Crippen LogP contribution in [-0.4, -0.2) is 47.4 Å². The summed E-state index contributed by atoms with van der Waals surface area (Å²) in [5, 5.41) is 3.93. The standard InChI is InChI=1S/C24H25N3O3/c1-17(26-23(28)16-30-19-7-3-2-4-8-19)24(29)27-13-11-18(12-14-27)21-15-25-22-10-6-5-9-20(21)22/h2-11,15,17,25H,12-14,16H2,1H3,(H,26,28)/t17-/m1/s1. The Morgan fingerprint density at radius 1 is 1.13 bits per heavy atom. The van der Waals surface area contributed by atoms with Gasteiger partial charge in [-0.1, -0.05) is 42.5 Å². The average Bonchev–Trinajstić information content (AvgIpc) is 3.22. The van der Waals surface area contributed by atoms with Crippen LogP contribution >= 0.6 is 0 Å². The van der Waals surface area contributed by atoms with Crippen molar-refractivity contribution in [3.8, 4) is 5.75 Å². The van der Waals surface area contributed by atoms with Crippen molar-refractivity contribution in [2.75, 3.05) is 19.7 Å². The normalized spacial score (nSPS) is 14.8. The Morgan fingerprint density at radius 2 is 1.90 bits per heavy atom. The number of hydrogen-bond acceptors (Lipinski definition) is 3. The van der Waals surface area contributed by atoms with E-state index in [1.807, 2.05) is 36.5 Å². The zero-order valence-electron chi connectivity index (χ0n) is 16.9. The fourth-order valence-corrected chi connectivity index (χ4v) is 3.74. The topological polar surface area (TPSA) is 74.4 Å². The summed E-state index contributed by atoms with van der Waals surface area (Å²) in [7, 11) is 0. The highest BCUT2D eigenvalue weighted by Crippen LogP contribution is 2.29. The minimum Gasteiger partial charge on any atom is -0.484 e. The Hall–Kier alpha value is -3.54. The SMILES string of the molecule is C[C@@H](NC(=O)COc1ccccc1)C(=O)N1CC=C(c2c[nH]c3ccccc23)CC1.